The molecule has 1 atom stereocenters. The van der Waals surface area contributed by atoms with Gasteiger partial charge in [0, 0.05) is 17.8 Å². The van der Waals surface area contributed by atoms with Gasteiger partial charge in [-0.3, -0.25) is 19.9 Å². The number of rotatable bonds is 6. The molecule has 3 aromatic rings. The van der Waals surface area contributed by atoms with Gasteiger partial charge < -0.3 is 11.1 Å². The van der Waals surface area contributed by atoms with Crippen molar-refractivity contribution in [3.05, 3.63) is 99.9 Å². The molecule has 1 amide bonds. The van der Waals surface area contributed by atoms with Crippen LogP contribution in [0.2, 0.25) is 0 Å². The number of hydrogen-bond donors (Lipinski definition) is 2. The Balaban J connectivity index is 2.05. The molecule has 1 aromatic heterocycles. The van der Waals surface area contributed by atoms with E-state index < -0.39 is 16.9 Å². The van der Waals surface area contributed by atoms with E-state index in [-0.39, 0.29) is 16.9 Å². The lowest BCUT2D eigenvalue weighted by Crippen LogP contribution is -2.16. The van der Waals surface area contributed by atoms with E-state index in [1.807, 2.05) is 42.5 Å². The first kappa shape index (κ1) is 17.1. The zero-order chi connectivity index (χ0) is 18.5. The summed E-state index contributed by atoms with van der Waals surface area (Å²) in [5.41, 5.74) is 6.97. The molecule has 26 heavy (non-hydrogen) atoms. The Morgan fingerprint density at radius 3 is 2.42 bits per heavy atom. The van der Waals surface area contributed by atoms with Gasteiger partial charge >= 0.3 is 0 Å². The summed E-state index contributed by atoms with van der Waals surface area (Å²) in [5.74, 6) is -0.719. The maximum absolute atomic E-state index is 11.4. The molecule has 0 radical (unpaired) electrons. The number of nitrogens with two attached hydrogens (primary N) is 1. The highest BCUT2D eigenvalue weighted by Gasteiger charge is 2.22. The van der Waals surface area contributed by atoms with Crippen LogP contribution in [0.3, 0.4) is 0 Å². The molecule has 1 heterocycles. The highest BCUT2D eigenvalue weighted by molar-refractivity contribution is 5.94. The Kier molecular flexibility index (Phi) is 4.89. The SMILES string of the molecule is NC(=O)c1ccc(NC(c2ccccc2)c2ccccn2)c([N+](=O)[O-])c1. The molecule has 0 saturated heterocycles. The van der Waals surface area contributed by atoms with Crippen LogP contribution in [-0.2, 0) is 0 Å². The van der Waals surface area contributed by atoms with Crippen molar-refractivity contribution in [1.82, 2.24) is 4.98 Å². The van der Waals surface area contributed by atoms with Gasteiger partial charge in [0.05, 0.1) is 16.7 Å². The number of carbonyl (C=O) groups excluding carboxylic acids is 1. The number of carbonyl (C=O) groups is 1. The highest BCUT2D eigenvalue weighted by atomic mass is 16.6. The van der Waals surface area contributed by atoms with Gasteiger partial charge in [-0.25, -0.2) is 0 Å². The van der Waals surface area contributed by atoms with Gasteiger partial charge in [-0.1, -0.05) is 36.4 Å². The first-order chi connectivity index (χ1) is 12.6. The van der Waals surface area contributed by atoms with E-state index >= 15 is 0 Å². The number of aromatic nitrogens is 1. The summed E-state index contributed by atoms with van der Waals surface area (Å²) in [7, 11) is 0. The van der Waals surface area contributed by atoms with Gasteiger partial charge in [-0.15, -0.1) is 0 Å². The smallest absolute Gasteiger partial charge is 0.293 e. The molecule has 7 heteroatoms. The fraction of sp³-hybridized carbons (Fsp3) is 0.0526. The topological polar surface area (TPSA) is 111 Å². The zero-order valence-electron chi connectivity index (χ0n) is 13.7. The quantitative estimate of drug-likeness (QED) is 0.524. The molecule has 0 aliphatic rings. The molecule has 0 aliphatic carbocycles. The first-order valence-corrected chi connectivity index (χ1v) is 7.87. The number of pyridine rings is 1. The number of anilines is 1. The molecule has 3 rings (SSSR count). The van der Waals surface area contributed by atoms with Crippen molar-refractivity contribution in [2.45, 2.75) is 6.04 Å². The summed E-state index contributed by atoms with van der Waals surface area (Å²) in [5, 5.41) is 14.6. The Labute approximate surface area is 149 Å². The average Bonchev–Trinajstić information content (AvgIpc) is 2.67. The molecule has 0 aliphatic heterocycles. The standard InChI is InChI=1S/C19H16N4O3/c20-19(24)14-9-10-15(17(12-14)23(25)26)22-18(13-6-2-1-3-7-13)16-8-4-5-11-21-16/h1-12,18,22H,(H2,20,24). The van der Waals surface area contributed by atoms with Gasteiger partial charge in [0.25, 0.3) is 5.69 Å². The highest BCUT2D eigenvalue weighted by Crippen LogP contribution is 2.31. The summed E-state index contributed by atoms with van der Waals surface area (Å²) in [6.07, 6.45) is 1.66. The predicted molar refractivity (Wildman–Crippen MR) is 97.8 cm³/mol. The molecule has 7 nitrogen and oxygen atoms in total. The zero-order valence-corrected chi connectivity index (χ0v) is 13.7. The number of nitro groups is 1. The minimum Gasteiger partial charge on any atom is -0.367 e. The second kappa shape index (κ2) is 7.43. The summed E-state index contributed by atoms with van der Waals surface area (Å²) in [6, 6.07) is 18.7. The predicted octanol–water partition coefficient (Wildman–Crippen LogP) is 3.29. The third-order valence-corrected chi connectivity index (χ3v) is 3.90. The number of hydrogen-bond acceptors (Lipinski definition) is 5. The van der Waals surface area contributed by atoms with Crippen molar-refractivity contribution in [2.24, 2.45) is 5.73 Å². The minimum absolute atomic E-state index is 0.0800. The lowest BCUT2D eigenvalue weighted by Gasteiger charge is -2.20. The van der Waals surface area contributed by atoms with Gasteiger partial charge in [-0.05, 0) is 29.8 Å². The van der Waals surface area contributed by atoms with Crippen LogP contribution in [0.5, 0.6) is 0 Å². The molecule has 130 valence electrons. The fourth-order valence-electron chi connectivity index (χ4n) is 2.63. The molecule has 1 unspecified atom stereocenters. The van der Waals surface area contributed by atoms with Crippen LogP contribution in [-0.4, -0.2) is 15.8 Å². The van der Waals surface area contributed by atoms with Crippen LogP contribution in [0.25, 0.3) is 0 Å². The number of primary amides is 1. The van der Waals surface area contributed by atoms with E-state index in [0.29, 0.717) is 5.69 Å². The van der Waals surface area contributed by atoms with Crippen molar-refractivity contribution in [2.75, 3.05) is 5.32 Å². The van der Waals surface area contributed by atoms with E-state index in [9.17, 15) is 14.9 Å². The van der Waals surface area contributed by atoms with Crippen LogP contribution >= 0.6 is 0 Å². The second-order valence-electron chi connectivity index (χ2n) is 5.60. The molecule has 3 N–H and O–H groups in total. The van der Waals surface area contributed by atoms with E-state index in [0.717, 1.165) is 5.56 Å². The van der Waals surface area contributed by atoms with E-state index in [2.05, 4.69) is 10.3 Å². The average molecular weight is 348 g/mol. The van der Waals surface area contributed by atoms with Crippen molar-refractivity contribution in [1.29, 1.82) is 0 Å². The van der Waals surface area contributed by atoms with E-state index in [1.54, 1.807) is 12.3 Å². The molecule has 0 bridgehead atoms. The van der Waals surface area contributed by atoms with Crippen molar-refractivity contribution in [3.63, 3.8) is 0 Å². The Morgan fingerprint density at radius 1 is 1.08 bits per heavy atom. The maximum atomic E-state index is 11.4. The number of nitrogens with zero attached hydrogens (tertiary/aromatic N) is 2. The van der Waals surface area contributed by atoms with E-state index in [1.165, 1.54) is 18.2 Å². The van der Waals surface area contributed by atoms with Crippen LogP contribution in [0.4, 0.5) is 11.4 Å². The first-order valence-electron chi connectivity index (χ1n) is 7.87. The molecule has 0 fully saturated rings. The van der Waals surface area contributed by atoms with Gasteiger partial charge in [-0.2, -0.15) is 0 Å². The Bertz CT molecular complexity index is 891. The molecule has 2 aromatic carbocycles. The largest absolute Gasteiger partial charge is 0.367 e. The van der Waals surface area contributed by atoms with Crippen molar-refractivity contribution < 1.29 is 9.72 Å². The fourth-order valence-corrected chi connectivity index (χ4v) is 2.63. The van der Waals surface area contributed by atoms with E-state index in [4.69, 9.17) is 5.73 Å². The summed E-state index contributed by atoms with van der Waals surface area (Å²) in [4.78, 5) is 26.6. The van der Waals surface area contributed by atoms with Gasteiger partial charge in [0.15, 0.2) is 0 Å². The van der Waals surface area contributed by atoms with Gasteiger partial charge in [0.2, 0.25) is 5.91 Å². The second-order valence-corrected chi connectivity index (χ2v) is 5.60. The molecule has 0 saturated carbocycles. The lowest BCUT2D eigenvalue weighted by atomic mass is 10.0. The summed E-state index contributed by atoms with van der Waals surface area (Å²) >= 11 is 0. The van der Waals surface area contributed by atoms with Crippen LogP contribution < -0.4 is 11.1 Å². The molecular formula is C19H16N4O3. The van der Waals surface area contributed by atoms with Crippen LogP contribution in [0, 0.1) is 10.1 Å². The third-order valence-electron chi connectivity index (χ3n) is 3.90. The third kappa shape index (κ3) is 3.67. The summed E-state index contributed by atoms with van der Waals surface area (Å²) < 4.78 is 0. The number of nitro benzene ring substituents is 1. The minimum atomic E-state index is -0.719. The normalized spacial score (nSPS) is 11.5. The van der Waals surface area contributed by atoms with Crippen molar-refractivity contribution >= 4 is 17.3 Å². The van der Waals surface area contributed by atoms with Crippen molar-refractivity contribution in [3.8, 4) is 0 Å². The Morgan fingerprint density at radius 2 is 1.81 bits per heavy atom. The molecule has 0 spiro atoms. The van der Waals surface area contributed by atoms with Crippen LogP contribution in [0.15, 0.2) is 72.9 Å². The maximum Gasteiger partial charge on any atom is 0.293 e. The monoisotopic (exact) mass is 348 g/mol. The van der Waals surface area contributed by atoms with Gasteiger partial charge in [0.1, 0.15) is 5.69 Å². The number of amides is 1. The molecular weight excluding hydrogens is 332 g/mol. The number of benzene rings is 2. The Hall–Kier alpha value is -3.74. The lowest BCUT2D eigenvalue weighted by molar-refractivity contribution is -0.384. The number of nitrogens with one attached hydrogen (secondary N) is 1. The van der Waals surface area contributed by atoms with Crippen LogP contribution in [0.1, 0.15) is 27.7 Å². The summed E-state index contributed by atoms with van der Waals surface area (Å²) in [6.45, 7) is 0.